The van der Waals surface area contributed by atoms with Crippen molar-refractivity contribution in [1.29, 1.82) is 0 Å². The number of amidine groups is 1. The molecule has 2 aromatic rings. The van der Waals surface area contributed by atoms with Crippen molar-refractivity contribution in [3.05, 3.63) is 71.0 Å². The van der Waals surface area contributed by atoms with Crippen molar-refractivity contribution in [3.8, 4) is 0 Å². The van der Waals surface area contributed by atoms with Gasteiger partial charge in [-0.05, 0) is 35.2 Å². The van der Waals surface area contributed by atoms with Crippen molar-refractivity contribution in [2.75, 3.05) is 32.7 Å². The first-order valence-corrected chi connectivity index (χ1v) is 10.4. The van der Waals surface area contributed by atoms with E-state index in [1.165, 1.54) is 22.6 Å². The normalized spacial score (nSPS) is 26.1. The largest absolute Gasteiger partial charge is 0.455 e. The van der Waals surface area contributed by atoms with Gasteiger partial charge in [0.15, 0.2) is 0 Å². The Morgan fingerprint density at radius 3 is 2.61 bits per heavy atom. The lowest BCUT2D eigenvalue weighted by molar-refractivity contribution is -0.144. The molecule has 4 nitrogen and oxygen atoms in total. The highest BCUT2D eigenvalue weighted by Gasteiger charge is 2.48. The second-order valence-electron chi connectivity index (χ2n) is 8.56. The minimum Gasteiger partial charge on any atom is -0.455 e. The highest BCUT2D eigenvalue weighted by molar-refractivity contribution is 5.78. The Morgan fingerprint density at radius 1 is 1.06 bits per heavy atom. The fourth-order valence-electron chi connectivity index (χ4n) is 4.92. The number of alkyl halides is 3. The molecular formula is C23H23F4N3O. The van der Waals surface area contributed by atoms with Crippen LogP contribution in [-0.2, 0) is 11.2 Å². The van der Waals surface area contributed by atoms with Gasteiger partial charge in [0.1, 0.15) is 11.4 Å². The average Bonchev–Trinajstić information content (AvgIpc) is 3.33. The van der Waals surface area contributed by atoms with Crippen molar-refractivity contribution in [3.63, 3.8) is 0 Å². The predicted molar refractivity (Wildman–Crippen MR) is 108 cm³/mol. The summed E-state index contributed by atoms with van der Waals surface area (Å²) in [5.74, 6) is -0.302. The molecule has 0 aromatic heterocycles. The van der Waals surface area contributed by atoms with Crippen LogP contribution in [0.1, 0.15) is 29.2 Å². The van der Waals surface area contributed by atoms with E-state index >= 15 is 0 Å². The molecule has 5 rings (SSSR count). The van der Waals surface area contributed by atoms with E-state index in [0.717, 1.165) is 17.5 Å². The number of ether oxygens (including phenoxy) is 1. The summed E-state index contributed by atoms with van der Waals surface area (Å²) in [7, 11) is 0. The van der Waals surface area contributed by atoms with Crippen LogP contribution in [0.25, 0.3) is 0 Å². The van der Waals surface area contributed by atoms with E-state index in [-0.39, 0.29) is 18.4 Å². The highest BCUT2D eigenvalue weighted by Crippen LogP contribution is 2.39. The van der Waals surface area contributed by atoms with Crippen LogP contribution in [0.15, 0.2) is 53.5 Å². The minimum atomic E-state index is -4.22. The van der Waals surface area contributed by atoms with Crippen LogP contribution < -0.4 is 0 Å². The zero-order valence-corrected chi connectivity index (χ0v) is 16.9. The van der Waals surface area contributed by atoms with Crippen molar-refractivity contribution >= 4 is 6.02 Å². The predicted octanol–water partition coefficient (Wildman–Crippen LogP) is 4.17. The molecule has 8 heteroatoms. The molecule has 164 valence electrons. The number of benzene rings is 2. The number of hydrogen-bond acceptors (Lipinski definition) is 4. The first kappa shape index (κ1) is 20.3. The minimum absolute atomic E-state index is 0.188. The molecule has 1 fully saturated rings. The van der Waals surface area contributed by atoms with Crippen molar-refractivity contribution in [1.82, 2.24) is 9.80 Å². The highest BCUT2D eigenvalue weighted by atomic mass is 19.4. The molecule has 1 saturated heterocycles. The van der Waals surface area contributed by atoms with Crippen molar-refractivity contribution < 1.29 is 22.3 Å². The SMILES string of the molecule is Fc1ccc([C@H]2c3ccccc3CCN2C2=NCC3(CCN(CC(F)(F)F)C3)O2)cc1. The van der Waals surface area contributed by atoms with Gasteiger partial charge in [-0.3, -0.25) is 4.90 Å². The molecule has 2 atom stereocenters. The summed E-state index contributed by atoms with van der Waals surface area (Å²) in [6.45, 7) is 0.644. The number of likely N-dealkylation sites (tertiary alicyclic amines) is 1. The molecule has 0 N–H and O–H groups in total. The van der Waals surface area contributed by atoms with E-state index < -0.39 is 18.3 Å². The Labute approximate surface area is 178 Å². The third-order valence-corrected chi connectivity index (χ3v) is 6.32. The zero-order chi connectivity index (χ0) is 21.6. The van der Waals surface area contributed by atoms with Gasteiger partial charge in [-0.15, -0.1) is 0 Å². The summed E-state index contributed by atoms with van der Waals surface area (Å²) in [5.41, 5.74) is 2.55. The number of aliphatic imine (C=N–C) groups is 1. The van der Waals surface area contributed by atoms with Gasteiger partial charge in [0, 0.05) is 26.1 Å². The molecule has 0 saturated carbocycles. The molecule has 3 aliphatic rings. The van der Waals surface area contributed by atoms with Gasteiger partial charge in [0.2, 0.25) is 0 Å². The molecule has 1 unspecified atom stereocenters. The summed E-state index contributed by atoms with van der Waals surface area (Å²) >= 11 is 0. The fourth-order valence-corrected chi connectivity index (χ4v) is 4.92. The van der Waals surface area contributed by atoms with Gasteiger partial charge < -0.3 is 9.64 Å². The van der Waals surface area contributed by atoms with E-state index in [0.29, 0.717) is 32.1 Å². The monoisotopic (exact) mass is 433 g/mol. The first-order chi connectivity index (χ1) is 14.8. The lowest BCUT2D eigenvalue weighted by Gasteiger charge is -2.39. The van der Waals surface area contributed by atoms with Crippen LogP contribution >= 0.6 is 0 Å². The smallest absolute Gasteiger partial charge is 0.401 e. The molecular weight excluding hydrogens is 410 g/mol. The molecule has 3 heterocycles. The summed E-state index contributed by atoms with van der Waals surface area (Å²) in [6, 6.07) is 14.8. The Morgan fingerprint density at radius 2 is 1.84 bits per heavy atom. The Kier molecular flexibility index (Phi) is 4.92. The molecule has 0 amide bonds. The van der Waals surface area contributed by atoms with Gasteiger partial charge in [0.05, 0.1) is 19.1 Å². The summed E-state index contributed by atoms with van der Waals surface area (Å²) in [5, 5.41) is 0. The Hall–Kier alpha value is -2.61. The third kappa shape index (κ3) is 4.01. The standard InChI is InChI=1S/C23H23F4N3O/c24-18-7-5-17(6-8-18)20-19-4-2-1-3-16(19)9-11-30(20)21-28-13-22(31-21)10-12-29(14-22)15-23(25,26)27/h1-8,20H,9-15H2/t20-,22?/m0/s1. The molecule has 31 heavy (non-hydrogen) atoms. The maximum atomic E-state index is 13.6. The molecule has 1 spiro atoms. The number of fused-ring (bicyclic) bond motifs is 1. The fraction of sp³-hybridized carbons (Fsp3) is 0.435. The van der Waals surface area contributed by atoms with Crippen LogP contribution in [0.3, 0.4) is 0 Å². The second-order valence-corrected chi connectivity index (χ2v) is 8.56. The molecule has 2 aromatic carbocycles. The molecule has 3 aliphatic heterocycles. The van der Waals surface area contributed by atoms with E-state index in [1.807, 2.05) is 12.1 Å². The summed E-state index contributed by atoms with van der Waals surface area (Å²) < 4.78 is 58.3. The second kappa shape index (κ2) is 7.51. The van der Waals surface area contributed by atoms with E-state index in [2.05, 4.69) is 22.0 Å². The van der Waals surface area contributed by atoms with Gasteiger partial charge in [-0.2, -0.15) is 13.2 Å². The number of rotatable bonds is 2. The van der Waals surface area contributed by atoms with Gasteiger partial charge in [-0.1, -0.05) is 36.4 Å². The van der Waals surface area contributed by atoms with Crippen LogP contribution in [0.5, 0.6) is 0 Å². The van der Waals surface area contributed by atoms with Gasteiger partial charge in [0.25, 0.3) is 6.02 Å². The maximum Gasteiger partial charge on any atom is 0.401 e. The third-order valence-electron chi connectivity index (χ3n) is 6.32. The van der Waals surface area contributed by atoms with Crippen LogP contribution in [0.2, 0.25) is 0 Å². The van der Waals surface area contributed by atoms with Crippen molar-refractivity contribution in [2.45, 2.75) is 30.7 Å². The van der Waals surface area contributed by atoms with E-state index in [4.69, 9.17) is 4.74 Å². The molecule has 0 bridgehead atoms. The quantitative estimate of drug-likeness (QED) is 0.666. The van der Waals surface area contributed by atoms with Crippen LogP contribution in [0.4, 0.5) is 17.6 Å². The van der Waals surface area contributed by atoms with Crippen LogP contribution in [0, 0.1) is 5.82 Å². The lowest BCUT2D eigenvalue weighted by Crippen LogP contribution is -2.45. The topological polar surface area (TPSA) is 28.1 Å². The number of halogens is 4. The van der Waals surface area contributed by atoms with Crippen molar-refractivity contribution in [2.24, 2.45) is 4.99 Å². The van der Waals surface area contributed by atoms with Gasteiger partial charge in [-0.25, -0.2) is 9.38 Å². The zero-order valence-electron chi connectivity index (χ0n) is 16.9. The van der Waals surface area contributed by atoms with Gasteiger partial charge >= 0.3 is 6.18 Å². The Bertz CT molecular complexity index is 991. The number of hydrogen-bond donors (Lipinski definition) is 0. The number of nitrogens with zero attached hydrogens (tertiary/aromatic N) is 3. The maximum absolute atomic E-state index is 13.6. The first-order valence-electron chi connectivity index (χ1n) is 10.4. The lowest BCUT2D eigenvalue weighted by atomic mass is 9.88. The van der Waals surface area contributed by atoms with Crippen LogP contribution in [-0.4, -0.2) is 60.3 Å². The Balaban J connectivity index is 1.40. The molecule has 0 radical (unpaired) electrons. The average molecular weight is 433 g/mol. The summed E-state index contributed by atoms with van der Waals surface area (Å²) in [4.78, 5) is 8.09. The van der Waals surface area contributed by atoms with E-state index in [1.54, 1.807) is 12.1 Å². The molecule has 0 aliphatic carbocycles. The van der Waals surface area contributed by atoms with E-state index in [9.17, 15) is 17.6 Å². The summed E-state index contributed by atoms with van der Waals surface area (Å²) in [6.07, 6.45) is -2.90.